The minimum absolute atomic E-state index is 0.000237. The molecule has 0 atom stereocenters. The van der Waals surface area contributed by atoms with Crippen LogP contribution in [0.3, 0.4) is 0 Å². The van der Waals surface area contributed by atoms with E-state index in [-0.39, 0.29) is 29.6 Å². The molecular formula is C17H24BrClN2O2. The molecule has 0 aromatic heterocycles. The molecule has 1 amide bonds. The molecule has 23 heavy (non-hydrogen) atoms. The van der Waals surface area contributed by atoms with Gasteiger partial charge in [0.1, 0.15) is 5.75 Å². The molecular weight excluding hydrogens is 380 g/mol. The highest BCUT2D eigenvalue weighted by atomic mass is 79.9. The van der Waals surface area contributed by atoms with E-state index in [1.54, 1.807) is 18.2 Å². The van der Waals surface area contributed by atoms with Crippen molar-refractivity contribution >= 4 is 33.4 Å². The maximum Gasteiger partial charge on any atom is 0.258 e. The molecule has 1 saturated heterocycles. The lowest BCUT2D eigenvalue weighted by Crippen LogP contribution is -2.62. The summed E-state index contributed by atoms with van der Waals surface area (Å²) in [5, 5.41) is 7.31. The number of halogens is 2. The van der Waals surface area contributed by atoms with Crippen molar-refractivity contribution in [2.75, 3.05) is 6.61 Å². The SMILES string of the molecule is CC1(C)CC(NC(=O)COc2ccc(Cl)cc2Br)CC(C)(C)N1. The highest BCUT2D eigenvalue weighted by Gasteiger charge is 2.38. The van der Waals surface area contributed by atoms with Gasteiger partial charge in [0.2, 0.25) is 0 Å². The maximum atomic E-state index is 12.2. The second-order valence-corrected chi connectivity index (χ2v) is 8.72. The van der Waals surface area contributed by atoms with Gasteiger partial charge in [0.15, 0.2) is 6.61 Å². The van der Waals surface area contributed by atoms with Gasteiger partial charge in [-0.25, -0.2) is 0 Å². The van der Waals surface area contributed by atoms with Crippen LogP contribution in [0.5, 0.6) is 5.75 Å². The Morgan fingerprint density at radius 2 is 1.96 bits per heavy atom. The van der Waals surface area contributed by atoms with Crippen LogP contribution in [-0.4, -0.2) is 29.6 Å². The van der Waals surface area contributed by atoms with E-state index in [9.17, 15) is 4.79 Å². The van der Waals surface area contributed by atoms with E-state index >= 15 is 0 Å². The molecule has 0 saturated carbocycles. The molecule has 1 aliphatic heterocycles. The number of hydrogen-bond donors (Lipinski definition) is 2. The van der Waals surface area contributed by atoms with Crippen LogP contribution in [-0.2, 0) is 4.79 Å². The molecule has 2 N–H and O–H groups in total. The lowest BCUT2D eigenvalue weighted by Gasteiger charge is -2.46. The van der Waals surface area contributed by atoms with Gasteiger partial charge in [0, 0.05) is 22.1 Å². The predicted octanol–water partition coefficient (Wildman–Crippen LogP) is 3.91. The standard InChI is InChI=1S/C17H24BrClN2O2/c1-16(2)8-12(9-17(3,4)21-16)20-15(22)10-23-14-6-5-11(19)7-13(14)18/h5-7,12,21H,8-10H2,1-4H3,(H,20,22). The molecule has 6 heteroatoms. The predicted molar refractivity (Wildman–Crippen MR) is 97.1 cm³/mol. The number of piperidine rings is 1. The van der Waals surface area contributed by atoms with Crippen LogP contribution < -0.4 is 15.4 Å². The second-order valence-electron chi connectivity index (χ2n) is 7.43. The smallest absolute Gasteiger partial charge is 0.258 e. The Hall–Kier alpha value is -0.780. The number of nitrogens with one attached hydrogen (secondary N) is 2. The topological polar surface area (TPSA) is 50.4 Å². The van der Waals surface area contributed by atoms with E-state index in [0.717, 1.165) is 17.3 Å². The Balaban J connectivity index is 1.89. The fourth-order valence-corrected chi connectivity index (χ4v) is 4.23. The van der Waals surface area contributed by atoms with Gasteiger partial charge in [-0.2, -0.15) is 0 Å². The molecule has 0 aliphatic carbocycles. The van der Waals surface area contributed by atoms with Gasteiger partial charge in [-0.15, -0.1) is 0 Å². The van der Waals surface area contributed by atoms with Crippen molar-refractivity contribution in [2.24, 2.45) is 0 Å². The van der Waals surface area contributed by atoms with Crippen LogP contribution in [0.1, 0.15) is 40.5 Å². The molecule has 1 fully saturated rings. The Morgan fingerprint density at radius 3 is 2.52 bits per heavy atom. The Kier molecular flexibility index (Phi) is 5.64. The summed E-state index contributed by atoms with van der Waals surface area (Å²) in [4.78, 5) is 12.2. The molecule has 1 aromatic rings. The summed E-state index contributed by atoms with van der Waals surface area (Å²) in [5.74, 6) is 0.501. The average molecular weight is 404 g/mol. The summed E-state index contributed by atoms with van der Waals surface area (Å²) in [5.41, 5.74) is -0.000474. The highest BCUT2D eigenvalue weighted by Crippen LogP contribution is 2.29. The third-order valence-corrected chi connectivity index (χ3v) is 4.66. The van der Waals surface area contributed by atoms with Crippen LogP contribution in [0.2, 0.25) is 5.02 Å². The molecule has 1 aromatic carbocycles. The van der Waals surface area contributed by atoms with Crippen molar-refractivity contribution in [3.63, 3.8) is 0 Å². The highest BCUT2D eigenvalue weighted by molar-refractivity contribution is 9.10. The minimum Gasteiger partial charge on any atom is -0.483 e. The Morgan fingerprint density at radius 1 is 1.35 bits per heavy atom. The Labute approximate surface area is 151 Å². The zero-order valence-corrected chi connectivity index (χ0v) is 16.3. The lowest BCUT2D eigenvalue weighted by atomic mass is 9.79. The number of rotatable bonds is 4. The van der Waals surface area contributed by atoms with Crippen LogP contribution in [0.15, 0.2) is 22.7 Å². The first kappa shape index (κ1) is 18.6. The number of carbonyl (C=O) groups is 1. The van der Waals surface area contributed by atoms with E-state index < -0.39 is 0 Å². The zero-order chi connectivity index (χ0) is 17.3. The van der Waals surface area contributed by atoms with Crippen molar-refractivity contribution in [1.29, 1.82) is 0 Å². The van der Waals surface area contributed by atoms with Crippen molar-refractivity contribution < 1.29 is 9.53 Å². The van der Waals surface area contributed by atoms with Gasteiger partial charge >= 0.3 is 0 Å². The summed E-state index contributed by atoms with van der Waals surface area (Å²) in [6.45, 7) is 8.64. The van der Waals surface area contributed by atoms with E-state index in [1.165, 1.54) is 0 Å². The van der Waals surface area contributed by atoms with Crippen molar-refractivity contribution in [3.8, 4) is 5.75 Å². The summed E-state index contributed by atoms with van der Waals surface area (Å²) >= 11 is 9.27. The van der Waals surface area contributed by atoms with Crippen LogP contribution >= 0.6 is 27.5 Å². The minimum atomic E-state index is -0.106. The van der Waals surface area contributed by atoms with Gasteiger partial charge in [-0.05, 0) is 74.7 Å². The second kappa shape index (κ2) is 6.99. The molecule has 128 valence electrons. The van der Waals surface area contributed by atoms with E-state index in [1.807, 2.05) is 0 Å². The molecule has 1 heterocycles. The van der Waals surface area contributed by atoms with Crippen LogP contribution in [0.4, 0.5) is 0 Å². The summed E-state index contributed by atoms with van der Waals surface area (Å²) in [6.07, 6.45) is 1.79. The van der Waals surface area contributed by atoms with Crippen LogP contribution in [0, 0.1) is 0 Å². The Bertz CT molecular complexity index is 574. The fraction of sp³-hybridized carbons (Fsp3) is 0.588. The fourth-order valence-electron chi connectivity index (χ4n) is 3.43. The zero-order valence-electron chi connectivity index (χ0n) is 14.0. The first-order valence-electron chi connectivity index (χ1n) is 7.73. The third-order valence-electron chi connectivity index (χ3n) is 3.81. The molecule has 0 unspecified atom stereocenters. The largest absolute Gasteiger partial charge is 0.483 e. The molecule has 0 spiro atoms. The maximum absolute atomic E-state index is 12.2. The molecule has 0 bridgehead atoms. The van der Waals surface area contributed by atoms with Gasteiger partial charge in [0.05, 0.1) is 4.47 Å². The summed E-state index contributed by atoms with van der Waals surface area (Å²) in [7, 11) is 0. The molecule has 0 radical (unpaired) electrons. The summed E-state index contributed by atoms with van der Waals surface area (Å²) < 4.78 is 6.30. The van der Waals surface area contributed by atoms with Crippen LogP contribution in [0.25, 0.3) is 0 Å². The van der Waals surface area contributed by atoms with Gasteiger partial charge in [-0.3, -0.25) is 4.79 Å². The van der Waals surface area contributed by atoms with Crippen molar-refractivity contribution in [2.45, 2.75) is 57.7 Å². The quantitative estimate of drug-likeness (QED) is 0.801. The van der Waals surface area contributed by atoms with Crippen molar-refractivity contribution in [3.05, 3.63) is 27.7 Å². The number of ether oxygens (including phenoxy) is 1. The normalized spacial score (nSPS) is 20.1. The van der Waals surface area contributed by atoms with E-state index in [4.69, 9.17) is 16.3 Å². The first-order chi connectivity index (χ1) is 10.6. The van der Waals surface area contributed by atoms with E-state index in [2.05, 4.69) is 54.3 Å². The van der Waals surface area contributed by atoms with Gasteiger partial charge in [-0.1, -0.05) is 11.6 Å². The number of amides is 1. The third kappa shape index (κ3) is 5.66. The van der Waals surface area contributed by atoms with Gasteiger partial charge in [0.25, 0.3) is 5.91 Å². The average Bonchev–Trinajstić information content (AvgIpc) is 2.33. The molecule has 4 nitrogen and oxygen atoms in total. The monoisotopic (exact) mass is 402 g/mol. The molecule has 2 rings (SSSR count). The number of carbonyl (C=O) groups excluding carboxylic acids is 1. The van der Waals surface area contributed by atoms with Gasteiger partial charge < -0.3 is 15.4 Å². The molecule has 1 aliphatic rings. The van der Waals surface area contributed by atoms with Crippen molar-refractivity contribution in [1.82, 2.24) is 10.6 Å². The van der Waals surface area contributed by atoms with E-state index in [0.29, 0.717) is 10.8 Å². The summed E-state index contributed by atoms with van der Waals surface area (Å²) in [6, 6.07) is 5.37. The first-order valence-corrected chi connectivity index (χ1v) is 8.90. The lowest BCUT2D eigenvalue weighted by molar-refractivity contribution is -0.124. The number of hydrogen-bond acceptors (Lipinski definition) is 3. The number of benzene rings is 1.